The molecule has 0 aliphatic heterocycles. The summed E-state index contributed by atoms with van der Waals surface area (Å²) in [7, 11) is 0. The van der Waals surface area contributed by atoms with Crippen molar-refractivity contribution in [3.8, 4) is 0 Å². The molecule has 6 heteroatoms. The maximum absolute atomic E-state index is 13.6. The maximum atomic E-state index is 13.6. The molecule has 0 bridgehead atoms. The first-order valence-corrected chi connectivity index (χ1v) is 7.79. The van der Waals surface area contributed by atoms with Gasteiger partial charge in [-0.25, -0.2) is 14.4 Å². The second-order valence-corrected chi connectivity index (χ2v) is 5.57. The summed E-state index contributed by atoms with van der Waals surface area (Å²) in [4.78, 5) is 20.4. The van der Waals surface area contributed by atoms with E-state index in [-0.39, 0.29) is 11.3 Å². The van der Waals surface area contributed by atoms with Crippen LogP contribution in [0.5, 0.6) is 0 Å². The zero-order chi connectivity index (χ0) is 17.6. The highest BCUT2D eigenvalue weighted by molar-refractivity contribution is 6.03. The summed E-state index contributed by atoms with van der Waals surface area (Å²) in [5.41, 5.74) is 2.67. The minimum atomic E-state index is -0.492. The van der Waals surface area contributed by atoms with Crippen LogP contribution in [0.3, 0.4) is 0 Å². The highest BCUT2D eigenvalue weighted by atomic mass is 19.1. The fourth-order valence-electron chi connectivity index (χ4n) is 2.30. The molecule has 126 valence electrons. The summed E-state index contributed by atoms with van der Waals surface area (Å²) in [5.74, 6) is -0.535. The quantitative estimate of drug-likeness (QED) is 0.744. The van der Waals surface area contributed by atoms with E-state index in [0.29, 0.717) is 12.5 Å². The lowest BCUT2D eigenvalue weighted by atomic mass is 10.1. The van der Waals surface area contributed by atoms with Crippen LogP contribution in [-0.2, 0) is 6.54 Å². The molecule has 0 aliphatic rings. The number of amides is 1. The number of nitrogens with zero attached hydrogens (tertiary/aromatic N) is 2. The van der Waals surface area contributed by atoms with Crippen LogP contribution in [0.1, 0.15) is 21.5 Å². The van der Waals surface area contributed by atoms with E-state index < -0.39 is 11.7 Å². The van der Waals surface area contributed by atoms with E-state index in [9.17, 15) is 9.18 Å². The van der Waals surface area contributed by atoms with Crippen LogP contribution in [0.2, 0.25) is 0 Å². The van der Waals surface area contributed by atoms with Crippen molar-refractivity contribution in [2.24, 2.45) is 0 Å². The Morgan fingerprint density at radius 3 is 2.56 bits per heavy atom. The molecule has 25 heavy (non-hydrogen) atoms. The first kappa shape index (κ1) is 16.6. The summed E-state index contributed by atoms with van der Waals surface area (Å²) in [6.07, 6.45) is 2.81. The number of carbonyl (C=O) groups is 1. The number of aromatic nitrogens is 2. The molecule has 0 spiro atoms. The molecule has 0 saturated heterocycles. The molecule has 2 N–H and O–H groups in total. The van der Waals surface area contributed by atoms with E-state index in [4.69, 9.17) is 0 Å². The van der Waals surface area contributed by atoms with Crippen molar-refractivity contribution < 1.29 is 9.18 Å². The Kier molecular flexibility index (Phi) is 4.99. The van der Waals surface area contributed by atoms with Gasteiger partial charge in [0.2, 0.25) is 5.95 Å². The zero-order valence-corrected chi connectivity index (χ0v) is 13.7. The minimum Gasteiger partial charge on any atom is -0.350 e. The summed E-state index contributed by atoms with van der Waals surface area (Å²) in [6, 6.07) is 14.1. The van der Waals surface area contributed by atoms with Gasteiger partial charge in [0.15, 0.2) is 0 Å². The fraction of sp³-hybridized carbons (Fsp3) is 0.105. The Morgan fingerprint density at radius 1 is 1.08 bits per heavy atom. The Labute approximate surface area is 145 Å². The van der Waals surface area contributed by atoms with Gasteiger partial charge in [0, 0.05) is 18.9 Å². The van der Waals surface area contributed by atoms with Crippen LogP contribution in [0.25, 0.3) is 0 Å². The Hall–Kier alpha value is -3.28. The van der Waals surface area contributed by atoms with E-state index in [2.05, 4.69) is 26.7 Å². The number of rotatable bonds is 5. The van der Waals surface area contributed by atoms with Gasteiger partial charge in [0.05, 0.1) is 11.3 Å². The van der Waals surface area contributed by atoms with Gasteiger partial charge < -0.3 is 10.6 Å². The van der Waals surface area contributed by atoms with Gasteiger partial charge in [-0.15, -0.1) is 0 Å². The van der Waals surface area contributed by atoms with Crippen LogP contribution < -0.4 is 10.6 Å². The second-order valence-electron chi connectivity index (χ2n) is 5.57. The molecule has 3 rings (SSSR count). The number of benzene rings is 2. The summed E-state index contributed by atoms with van der Waals surface area (Å²) in [6.45, 7) is 2.62. The Morgan fingerprint density at radius 2 is 1.84 bits per heavy atom. The van der Waals surface area contributed by atoms with Crippen molar-refractivity contribution >= 4 is 17.5 Å². The molecule has 0 radical (unpaired) electrons. The van der Waals surface area contributed by atoms with Crippen LogP contribution >= 0.6 is 0 Å². The van der Waals surface area contributed by atoms with Crippen molar-refractivity contribution in [2.75, 3.05) is 10.6 Å². The van der Waals surface area contributed by atoms with Crippen LogP contribution in [-0.4, -0.2) is 15.9 Å². The molecule has 3 aromatic rings. The molecule has 0 aliphatic carbocycles. The van der Waals surface area contributed by atoms with Crippen molar-refractivity contribution in [1.29, 1.82) is 0 Å². The molecule has 2 aromatic carbocycles. The average Bonchev–Trinajstić information content (AvgIpc) is 2.62. The summed E-state index contributed by atoms with van der Waals surface area (Å²) >= 11 is 0. The number of hydrogen-bond donors (Lipinski definition) is 2. The molecule has 0 unspecified atom stereocenters. The van der Waals surface area contributed by atoms with Gasteiger partial charge in [-0.2, -0.15) is 0 Å². The number of aryl methyl sites for hydroxylation is 1. The summed E-state index contributed by atoms with van der Waals surface area (Å²) < 4.78 is 13.6. The van der Waals surface area contributed by atoms with Gasteiger partial charge in [0.1, 0.15) is 5.82 Å². The van der Waals surface area contributed by atoms with Gasteiger partial charge in [-0.1, -0.05) is 42.0 Å². The third-order valence-electron chi connectivity index (χ3n) is 3.57. The van der Waals surface area contributed by atoms with Crippen molar-refractivity contribution in [1.82, 2.24) is 9.97 Å². The van der Waals surface area contributed by atoms with E-state index in [0.717, 1.165) is 5.56 Å². The molecule has 0 fully saturated rings. The van der Waals surface area contributed by atoms with Crippen molar-refractivity contribution in [3.63, 3.8) is 0 Å². The number of nitrogens with one attached hydrogen (secondary N) is 2. The van der Waals surface area contributed by atoms with Crippen molar-refractivity contribution in [2.45, 2.75) is 13.5 Å². The molecular weight excluding hydrogens is 319 g/mol. The average molecular weight is 336 g/mol. The summed E-state index contributed by atoms with van der Waals surface area (Å²) in [5, 5.41) is 5.59. The van der Waals surface area contributed by atoms with Gasteiger partial charge in [-0.05, 0) is 24.6 Å². The molecule has 1 amide bonds. The lowest BCUT2D eigenvalue weighted by molar-refractivity contribution is 0.102. The predicted molar refractivity (Wildman–Crippen MR) is 94.9 cm³/mol. The topological polar surface area (TPSA) is 66.9 Å². The fourth-order valence-corrected chi connectivity index (χ4v) is 2.30. The van der Waals surface area contributed by atoms with Crippen molar-refractivity contribution in [3.05, 3.63) is 83.4 Å². The first-order valence-electron chi connectivity index (χ1n) is 7.79. The van der Waals surface area contributed by atoms with Crippen LogP contribution in [0, 0.1) is 12.7 Å². The first-order chi connectivity index (χ1) is 12.1. The molecule has 5 nitrogen and oxygen atoms in total. The monoisotopic (exact) mass is 336 g/mol. The Balaban J connectivity index is 1.61. The predicted octanol–water partition coefficient (Wildman–Crippen LogP) is 3.79. The lowest BCUT2D eigenvalue weighted by Gasteiger charge is -2.08. The molecular formula is C19H17FN4O. The van der Waals surface area contributed by atoms with E-state index in [1.165, 1.54) is 30.1 Å². The third-order valence-corrected chi connectivity index (χ3v) is 3.57. The zero-order valence-electron chi connectivity index (χ0n) is 13.7. The number of hydrogen-bond acceptors (Lipinski definition) is 4. The number of carbonyl (C=O) groups excluding carboxylic acids is 1. The highest BCUT2D eigenvalue weighted by Gasteiger charge is 2.10. The molecule has 1 aromatic heterocycles. The molecule has 0 saturated carbocycles. The largest absolute Gasteiger partial charge is 0.350 e. The van der Waals surface area contributed by atoms with E-state index in [1.807, 2.05) is 25.1 Å². The highest BCUT2D eigenvalue weighted by Crippen LogP contribution is 2.14. The van der Waals surface area contributed by atoms with Gasteiger partial charge >= 0.3 is 0 Å². The number of para-hydroxylation sites is 1. The second kappa shape index (κ2) is 7.53. The van der Waals surface area contributed by atoms with Gasteiger partial charge in [0.25, 0.3) is 5.91 Å². The normalized spacial score (nSPS) is 10.3. The standard InChI is InChI=1S/C19H17FN4O/c1-13-5-4-6-14(9-13)10-21-19-22-11-15(12-23-19)18(25)24-17-8-3-2-7-16(17)20/h2-9,11-12H,10H2,1H3,(H,24,25)(H,21,22,23). The van der Waals surface area contributed by atoms with Crippen LogP contribution in [0.15, 0.2) is 60.9 Å². The van der Waals surface area contributed by atoms with E-state index >= 15 is 0 Å². The van der Waals surface area contributed by atoms with Crippen LogP contribution in [0.4, 0.5) is 16.0 Å². The van der Waals surface area contributed by atoms with E-state index in [1.54, 1.807) is 12.1 Å². The smallest absolute Gasteiger partial charge is 0.258 e. The Bertz CT molecular complexity index is 881. The SMILES string of the molecule is Cc1cccc(CNc2ncc(C(=O)Nc3ccccc3F)cn2)c1. The number of halogens is 1. The third kappa shape index (κ3) is 4.38. The minimum absolute atomic E-state index is 0.120. The van der Waals surface area contributed by atoms with Gasteiger partial charge in [-0.3, -0.25) is 4.79 Å². The number of anilines is 2. The molecule has 1 heterocycles. The maximum Gasteiger partial charge on any atom is 0.258 e. The molecule has 0 atom stereocenters. The lowest BCUT2D eigenvalue weighted by Crippen LogP contribution is -2.14.